The fraction of sp³-hybridized carbons (Fsp3) is 0.926. The molecule has 0 spiro atoms. The lowest BCUT2D eigenvalue weighted by molar-refractivity contribution is -0.180. The lowest BCUT2D eigenvalue weighted by Crippen LogP contribution is -2.61. The quantitative estimate of drug-likeness (QED) is 0.569. The van der Waals surface area contributed by atoms with Crippen LogP contribution in [0, 0.1) is 45.8 Å². The van der Waals surface area contributed by atoms with Gasteiger partial charge in [-0.2, -0.15) is 0 Å². The van der Waals surface area contributed by atoms with E-state index < -0.39 is 16.8 Å². The third-order valence-corrected chi connectivity index (χ3v) is 11.5. The molecule has 5 fully saturated rings. The van der Waals surface area contributed by atoms with Gasteiger partial charge in [-0.15, -0.1) is 0 Å². The van der Waals surface area contributed by atoms with Crippen molar-refractivity contribution in [3.63, 3.8) is 0 Å². The number of rotatable bonds is 2. The van der Waals surface area contributed by atoms with E-state index in [1.165, 1.54) is 38.5 Å². The topological polar surface area (TPSA) is 57.6 Å². The molecule has 1 N–H and O–H groups in total. The molecule has 4 aliphatic carbocycles. The van der Waals surface area contributed by atoms with Gasteiger partial charge in [-0.25, -0.2) is 0 Å². The number of fused-ring (bicyclic) bond motifs is 5. The van der Waals surface area contributed by atoms with E-state index in [0.29, 0.717) is 29.6 Å². The second-order valence-electron chi connectivity index (χ2n) is 12.6. The maximum atomic E-state index is 14.0. The van der Waals surface area contributed by atoms with Crippen LogP contribution in [0.1, 0.15) is 97.8 Å². The first-order valence-electron chi connectivity index (χ1n) is 13.3. The van der Waals surface area contributed by atoms with Gasteiger partial charge in [0.15, 0.2) is 5.41 Å². The molecule has 8 atom stereocenters. The van der Waals surface area contributed by atoms with E-state index in [2.05, 4.69) is 20.8 Å². The highest BCUT2D eigenvalue weighted by Crippen LogP contribution is 2.70. The number of carbonyl (C=O) groups is 2. The molecule has 4 saturated carbocycles. The Morgan fingerprint density at radius 1 is 0.871 bits per heavy atom. The fourth-order valence-electron chi connectivity index (χ4n) is 9.77. The zero-order chi connectivity index (χ0) is 22.0. The lowest BCUT2D eigenvalue weighted by Gasteiger charge is -2.61. The van der Waals surface area contributed by atoms with Gasteiger partial charge in [0.25, 0.3) is 0 Å². The number of piperidine rings is 1. The molecular weight excluding hydrogens is 386 g/mol. The molecule has 5 rings (SSSR count). The standard InChI is InChI=1S/C27H43NO3/c1-18-7-6-16-28(17-18)23(29)27(24(30)31)15-12-22-20-10-9-19-8-4-5-13-25(19,2)21(20)11-14-26(22,27)3/h18-22H,4-17H2,1-3H3,(H,30,31)/t18?,19?,20-,21-,22+,25+,26+,27?/m1/s1. The first-order chi connectivity index (χ1) is 14.7. The van der Waals surface area contributed by atoms with E-state index >= 15 is 0 Å². The smallest absolute Gasteiger partial charge is 0.319 e. The molecule has 4 nitrogen and oxygen atoms in total. The van der Waals surface area contributed by atoms with Crippen molar-refractivity contribution in [2.75, 3.05) is 13.1 Å². The number of likely N-dealkylation sites (tertiary alicyclic amines) is 1. The molecule has 1 amide bonds. The van der Waals surface area contributed by atoms with E-state index in [0.717, 1.165) is 57.0 Å². The molecule has 0 aromatic heterocycles. The van der Waals surface area contributed by atoms with E-state index in [1.807, 2.05) is 4.90 Å². The maximum absolute atomic E-state index is 14.0. The number of amides is 1. The number of aliphatic carboxylic acids is 1. The largest absolute Gasteiger partial charge is 0.480 e. The predicted molar refractivity (Wildman–Crippen MR) is 121 cm³/mol. The highest BCUT2D eigenvalue weighted by Gasteiger charge is 2.70. The monoisotopic (exact) mass is 429 g/mol. The number of carboxylic acids is 1. The molecule has 0 aromatic rings. The molecule has 0 bridgehead atoms. The Balaban J connectivity index is 1.47. The maximum Gasteiger partial charge on any atom is 0.319 e. The average molecular weight is 430 g/mol. The van der Waals surface area contributed by atoms with Gasteiger partial charge >= 0.3 is 5.97 Å². The van der Waals surface area contributed by atoms with E-state index in [-0.39, 0.29) is 5.91 Å². The van der Waals surface area contributed by atoms with Gasteiger partial charge in [0.05, 0.1) is 0 Å². The summed E-state index contributed by atoms with van der Waals surface area (Å²) in [4.78, 5) is 28.9. The minimum absolute atomic E-state index is 0.0486. The van der Waals surface area contributed by atoms with Crippen molar-refractivity contribution < 1.29 is 14.7 Å². The molecule has 0 radical (unpaired) electrons. The molecule has 1 heterocycles. The van der Waals surface area contributed by atoms with E-state index in [9.17, 15) is 14.7 Å². The van der Waals surface area contributed by atoms with Crippen LogP contribution in [-0.4, -0.2) is 35.0 Å². The summed E-state index contributed by atoms with van der Waals surface area (Å²) >= 11 is 0. The minimum atomic E-state index is -1.20. The van der Waals surface area contributed by atoms with Crippen LogP contribution in [0.2, 0.25) is 0 Å². The zero-order valence-electron chi connectivity index (χ0n) is 20.0. The summed E-state index contributed by atoms with van der Waals surface area (Å²) in [5.41, 5.74) is -1.15. The summed E-state index contributed by atoms with van der Waals surface area (Å²) in [6.07, 6.45) is 13.8. The van der Waals surface area contributed by atoms with Crippen molar-refractivity contribution in [1.82, 2.24) is 4.90 Å². The van der Waals surface area contributed by atoms with Gasteiger partial charge in [0, 0.05) is 13.1 Å². The second-order valence-corrected chi connectivity index (χ2v) is 12.6. The van der Waals surface area contributed by atoms with Gasteiger partial charge < -0.3 is 10.0 Å². The Morgan fingerprint density at radius 3 is 2.39 bits per heavy atom. The van der Waals surface area contributed by atoms with E-state index in [1.54, 1.807) is 0 Å². The zero-order valence-corrected chi connectivity index (χ0v) is 20.0. The Kier molecular flexibility index (Phi) is 5.26. The minimum Gasteiger partial charge on any atom is -0.480 e. The molecule has 3 unspecified atom stereocenters. The summed E-state index contributed by atoms with van der Waals surface area (Å²) in [6.45, 7) is 8.44. The summed E-state index contributed by atoms with van der Waals surface area (Å²) in [5.74, 6) is 2.21. The van der Waals surface area contributed by atoms with Crippen molar-refractivity contribution in [2.45, 2.75) is 97.8 Å². The fourth-order valence-corrected chi connectivity index (χ4v) is 9.77. The van der Waals surface area contributed by atoms with Crippen LogP contribution in [-0.2, 0) is 9.59 Å². The van der Waals surface area contributed by atoms with Gasteiger partial charge in [-0.3, -0.25) is 9.59 Å². The molecular formula is C27H43NO3. The molecule has 0 aromatic carbocycles. The first kappa shape index (κ1) is 21.8. The number of hydrogen-bond donors (Lipinski definition) is 1. The van der Waals surface area contributed by atoms with Crippen molar-refractivity contribution in [2.24, 2.45) is 45.8 Å². The Bertz CT molecular complexity index is 751. The first-order valence-corrected chi connectivity index (χ1v) is 13.3. The van der Waals surface area contributed by atoms with Crippen molar-refractivity contribution in [3.8, 4) is 0 Å². The van der Waals surface area contributed by atoms with Crippen LogP contribution in [0.5, 0.6) is 0 Å². The molecule has 31 heavy (non-hydrogen) atoms. The molecule has 4 heteroatoms. The van der Waals surface area contributed by atoms with Crippen LogP contribution < -0.4 is 0 Å². The molecule has 5 aliphatic rings. The number of hydrogen-bond acceptors (Lipinski definition) is 2. The Labute approximate surface area is 188 Å². The Hall–Kier alpha value is -1.06. The molecule has 1 aliphatic heterocycles. The summed E-state index contributed by atoms with van der Waals surface area (Å²) < 4.78 is 0. The normalized spacial score (nSPS) is 49.6. The summed E-state index contributed by atoms with van der Waals surface area (Å²) in [5, 5.41) is 10.6. The number of carbonyl (C=O) groups excluding carboxylic acids is 1. The summed E-state index contributed by atoms with van der Waals surface area (Å²) in [7, 11) is 0. The number of carboxylic acid groups (broad SMARTS) is 1. The third kappa shape index (κ3) is 2.91. The van der Waals surface area contributed by atoms with Crippen LogP contribution in [0.3, 0.4) is 0 Å². The van der Waals surface area contributed by atoms with Crippen LogP contribution >= 0.6 is 0 Å². The van der Waals surface area contributed by atoms with Crippen molar-refractivity contribution in [1.29, 1.82) is 0 Å². The summed E-state index contributed by atoms with van der Waals surface area (Å²) in [6, 6.07) is 0. The molecule has 174 valence electrons. The van der Waals surface area contributed by atoms with Crippen LogP contribution in [0.15, 0.2) is 0 Å². The van der Waals surface area contributed by atoms with Crippen LogP contribution in [0.25, 0.3) is 0 Å². The van der Waals surface area contributed by atoms with Gasteiger partial charge in [0.1, 0.15) is 0 Å². The predicted octanol–water partition coefficient (Wildman–Crippen LogP) is 5.75. The third-order valence-electron chi connectivity index (χ3n) is 11.5. The SMILES string of the molecule is CC1CCCN(C(=O)C2(C(=O)O)CC[C@H]3[C@@H]4CCC5CCCC[C@]5(C)[C@@H]4CC[C@@]32C)C1. The highest BCUT2D eigenvalue weighted by molar-refractivity contribution is 6.03. The lowest BCUT2D eigenvalue weighted by atomic mass is 9.43. The van der Waals surface area contributed by atoms with Gasteiger partial charge in [-0.1, -0.05) is 33.6 Å². The molecule has 1 saturated heterocycles. The van der Waals surface area contributed by atoms with Crippen molar-refractivity contribution >= 4 is 11.9 Å². The average Bonchev–Trinajstić information content (AvgIpc) is 3.07. The van der Waals surface area contributed by atoms with Crippen molar-refractivity contribution in [3.05, 3.63) is 0 Å². The number of nitrogens with zero attached hydrogens (tertiary/aromatic N) is 1. The van der Waals surface area contributed by atoms with Gasteiger partial charge in [0.2, 0.25) is 5.91 Å². The Morgan fingerprint density at radius 2 is 1.65 bits per heavy atom. The van der Waals surface area contributed by atoms with Gasteiger partial charge in [-0.05, 0) is 105 Å². The van der Waals surface area contributed by atoms with Crippen LogP contribution in [0.4, 0.5) is 0 Å². The highest BCUT2D eigenvalue weighted by atomic mass is 16.4. The second kappa shape index (κ2) is 7.48. The van der Waals surface area contributed by atoms with E-state index in [4.69, 9.17) is 0 Å².